The third-order valence-corrected chi connectivity index (χ3v) is 3.82. The van der Waals surface area contributed by atoms with Gasteiger partial charge in [0.05, 0.1) is 5.92 Å². The van der Waals surface area contributed by atoms with Crippen LogP contribution in [0, 0.1) is 5.92 Å². The van der Waals surface area contributed by atoms with Gasteiger partial charge in [0.1, 0.15) is 6.04 Å². The Morgan fingerprint density at radius 2 is 1.77 bits per heavy atom. The first-order valence-electron chi connectivity index (χ1n) is 8.20. The molecule has 1 saturated heterocycles. The number of nitrogens with zero attached hydrogens (tertiary/aromatic N) is 1. The van der Waals surface area contributed by atoms with Gasteiger partial charge < -0.3 is 15.7 Å². The van der Waals surface area contributed by atoms with E-state index in [2.05, 4.69) is 0 Å². The Morgan fingerprint density at radius 3 is 2.05 bits per heavy atom. The summed E-state index contributed by atoms with van der Waals surface area (Å²) in [4.78, 5) is 34.2. The second-order valence-electron chi connectivity index (χ2n) is 5.63. The van der Waals surface area contributed by atoms with Crippen molar-refractivity contribution in [3.63, 3.8) is 0 Å². The molecule has 1 heterocycles. The van der Waals surface area contributed by atoms with Crippen molar-refractivity contribution >= 4 is 17.8 Å². The van der Waals surface area contributed by atoms with Crippen LogP contribution in [0.15, 0.2) is 0 Å². The van der Waals surface area contributed by atoms with E-state index in [4.69, 9.17) is 10.8 Å². The summed E-state index contributed by atoms with van der Waals surface area (Å²) in [5, 5.41) is 8.64. The Balaban J connectivity index is 0.000000409. The molecule has 1 unspecified atom stereocenters. The number of carbonyl (C=O) groups excluding carboxylic acids is 2. The Hall–Kier alpha value is -1.59. The van der Waals surface area contributed by atoms with E-state index in [1.807, 2.05) is 20.8 Å². The first-order valence-corrected chi connectivity index (χ1v) is 8.20. The Bertz CT molecular complexity index is 365. The minimum Gasteiger partial charge on any atom is -0.481 e. The largest absolute Gasteiger partial charge is 0.481 e. The van der Waals surface area contributed by atoms with E-state index in [0.717, 1.165) is 32.1 Å². The van der Waals surface area contributed by atoms with Gasteiger partial charge in [-0.15, -0.1) is 0 Å². The van der Waals surface area contributed by atoms with Crippen molar-refractivity contribution in [2.24, 2.45) is 11.7 Å². The van der Waals surface area contributed by atoms with E-state index in [9.17, 15) is 14.4 Å². The fraction of sp³-hybridized carbons (Fsp3) is 0.812. The summed E-state index contributed by atoms with van der Waals surface area (Å²) < 4.78 is 0. The molecule has 1 fully saturated rings. The van der Waals surface area contributed by atoms with E-state index in [0.29, 0.717) is 19.4 Å². The minimum atomic E-state index is -0.635. The average molecular weight is 314 g/mol. The van der Waals surface area contributed by atoms with Crippen LogP contribution in [0.1, 0.15) is 65.7 Å². The first kappa shape index (κ1) is 20.4. The topological polar surface area (TPSA) is 101 Å². The molecule has 1 aliphatic rings. The molecule has 128 valence electrons. The van der Waals surface area contributed by atoms with Gasteiger partial charge in [-0.05, 0) is 25.7 Å². The van der Waals surface area contributed by atoms with Gasteiger partial charge in [0.2, 0.25) is 11.8 Å². The lowest BCUT2D eigenvalue weighted by Gasteiger charge is -2.23. The highest BCUT2D eigenvalue weighted by Crippen LogP contribution is 2.15. The van der Waals surface area contributed by atoms with Crippen LogP contribution >= 0.6 is 0 Å². The molecule has 1 rings (SSSR count). The number of likely N-dealkylation sites (tertiary alicyclic amines) is 1. The maximum absolute atomic E-state index is 11.2. The molecule has 0 saturated carbocycles. The molecule has 0 aromatic rings. The number of hydrogen-bond acceptors (Lipinski definition) is 3. The zero-order valence-corrected chi connectivity index (χ0v) is 14.0. The monoisotopic (exact) mass is 314 g/mol. The summed E-state index contributed by atoms with van der Waals surface area (Å²) in [5.41, 5.74) is 5.16. The molecule has 0 aromatic heterocycles. The molecule has 2 amide bonds. The van der Waals surface area contributed by atoms with Crippen LogP contribution in [0.5, 0.6) is 0 Å². The van der Waals surface area contributed by atoms with Crippen molar-refractivity contribution in [3.8, 4) is 0 Å². The lowest BCUT2D eigenvalue weighted by molar-refractivity contribution is -0.142. The molecule has 22 heavy (non-hydrogen) atoms. The summed E-state index contributed by atoms with van der Waals surface area (Å²) in [6.45, 7) is 6.58. The SMILES string of the molecule is CCC(C(N)=O)N1CCCC1=O.CCCC(CCC)C(=O)O. The highest BCUT2D eigenvalue weighted by atomic mass is 16.4. The quantitative estimate of drug-likeness (QED) is 0.717. The summed E-state index contributed by atoms with van der Waals surface area (Å²) in [6, 6.07) is -0.389. The molecule has 1 atom stereocenters. The molecular weight excluding hydrogens is 284 g/mol. The highest BCUT2D eigenvalue weighted by molar-refractivity contribution is 5.87. The molecule has 6 nitrogen and oxygen atoms in total. The predicted octanol–water partition coefficient (Wildman–Crippen LogP) is 2.16. The Kier molecular flexibility index (Phi) is 10.2. The standard InChI is InChI=1S/C8H14N2O2.C8H16O2/c1-2-6(8(9)12)10-5-3-4-7(10)11;1-3-5-7(6-4-2)8(9)10/h6H,2-5H2,1H3,(H2,9,12);7H,3-6H2,1-2H3,(H,9,10). The third-order valence-electron chi connectivity index (χ3n) is 3.82. The number of amides is 2. The van der Waals surface area contributed by atoms with E-state index in [1.165, 1.54) is 0 Å². The van der Waals surface area contributed by atoms with E-state index >= 15 is 0 Å². The smallest absolute Gasteiger partial charge is 0.306 e. The van der Waals surface area contributed by atoms with Gasteiger partial charge in [0.15, 0.2) is 0 Å². The van der Waals surface area contributed by atoms with Crippen molar-refractivity contribution in [1.29, 1.82) is 0 Å². The molecule has 0 bridgehead atoms. The van der Waals surface area contributed by atoms with Crippen molar-refractivity contribution < 1.29 is 19.5 Å². The maximum Gasteiger partial charge on any atom is 0.306 e. The van der Waals surface area contributed by atoms with Gasteiger partial charge >= 0.3 is 5.97 Å². The summed E-state index contributed by atoms with van der Waals surface area (Å²) in [5.74, 6) is -1.08. The lowest BCUT2D eigenvalue weighted by atomic mass is 9.99. The zero-order valence-electron chi connectivity index (χ0n) is 14.0. The van der Waals surface area contributed by atoms with E-state index in [-0.39, 0.29) is 17.9 Å². The number of nitrogens with two attached hydrogens (primary N) is 1. The Labute approximate surface area is 133 Å². The number of carboxylic acids is 1. The van der Waals surface area contributed by atoms with E-state index in [1.54, 1.807) is 4.90 Å². The molecule has 0 spiro atoms. The minimum absolute atomic E-state index is 0.0562. The summed E-state index contributed by atoms with van der Waals surface area (Å²) in [6.07, 6.45) is 5.60. The summed E-state index contributed by atoms with van der Waals surface area (Å²) in [7, 11) is 0. The van der Waals surface area contributed by atoms with Crippen LogP contribution < -0.4 is 5.73 Å². The van der Waals surface area contributed by atoms with Gasteiger partial charge in [-0.3, -0.25) is 14.4 Å². The first-order chi connectivity index (χ1) is 10.4. The highest BCUT2D eigenvalue weighted by Gasteiger charge is 2.29. The number of primary amides is 1. The van der Waals surface area contributed by atoms with Gasteiger partial charge in [-0.2, -0.15) is 0 Å². The van der Waals surface area contributed by atoms with Gasteiger partial charge in [-0.25, -0.2) is 0 Å². The average Bonchev–Trinajstić information content (AvgIpc) is 2.86. The molecule has 1 aliphatic heterocycles. The second kappa shape index (κ2) is 11.0. The number of rotatable bonds is 8. The van der Waals surface area contributed by atoms with Gasteiger partial charge in [0, 0.05) is 13.0 Å². The second-order valence-corrected chi connectivity index (χ2v) is 5.63. The van der Waals surface area contributed by atoms with Crippen LogP contribution in [-0.4, -0.2) is 40.4 Å². The van der Waals surface area contributed by atoms with Crippen LogP contribution in [0.2, 0.25) is 0 Å². The third kappa shape index (κ3) is 6.91. The van der Waals surface area contributed by atoms with Gasteiger partial charge in [-0.1, -0.05) is 33.6 Å². The molecule has 0 aliphatic carbocycles. The van der Waals surface area contributed by atoms with Crippen LogP contribution in [-0.2, 0) is 14.4 Å². The van der Waals surface area contributed by atoms with Crippen molar-refractivity contribution in [2.45, 2.75) is 71.8 Å². The number of carboxylic acid groups (broad SMARTS) is 1. The molecule has 6 heteroatoms. The fourth-order valence-electron chi connectivity index (χ4n) is 2.66. The number of hydrogen-bond donors (Lipinski definition) is 2. The van der Waals surface area contributed by atoms with Crippen molar-refractivity contribution in [1.82, 2.24) is 4.90 Å². The molecule has 0 aromatic carbocycles. The van der Waals surface area contributed by atoms with Crippen molar-refractivity contribution in [2.75, 3.05) is 6.54 Å². The summed E-state index contributed by atoms with van der Waals surface area (Å²) >= 11 is 0. The van der Waals surface area contributed by atoms with Crippen LogP contribution in [0.25, 0.3) is 0 Å². The molecule has 3 N–H and O–H groups in total. The predicted molar refractivity (Wildman–Crippen MR) is 85.2 cm³/mol. The molecule has 0 radical (unpaired) electrons. The van der Waals surface area contributed by atoms with Crippen molar-refractivity contribution in [3.05, 3.63) is 0 Å². The number of carbonyl (C=O) groups is 3. The maximum atomic E-state index is 11.2. The van der Waals surface area contributed by atoms with Gasteiger partial charge in [0.25, 0.3) is 0 Å². The zero-order chi connectivity index (χ0) is 17.1. The fourth-order valence-corrected chi connectivity index (χ4v) is 2.66. The van der Waals surface area contributed by atoms with Crippen LogP contribution in [0.4, 0.5) is 0 Å². The Morgan fingerprint density at radius 1 is 1.23 bits per heavy atom. The van der Waals surface area contributed by atoms with E-state index < -0.39 is 11.9 Å². The normalized spacial score (nSPS) is 15.5. The van der Waals surface area contributed by atoms with Crippen LogP contribution in [0.3, 0.4) is 0 Å². The molecular formula is C16H30N2O4. The number of aliphatic carboxylic acids is 1. The lowest BCUT2D eigenvalue weighted by Crippen LogP contribution is -2.44.